The van der Waals surface area contributed by atoms with E-state index in [1.165, 1.54) is 6.07 Å². The van der Waals surface area contributed by atoms with E-state index in [1.807, 2.05) is 6.07 Å². The Morgan fingerprint density at radius 2 is 2.00 bits per heavy atom. The van der Waals surface area contributed by atoms with Gasteiger partial charge in [0.15, 0.2) is 0 Å². The van der Waals surface area contributed by atoms with Gasteiger partial charge in [0.2, 0.25) is 0 Å². The predicted molar refractivity (Wildman–Crippen MR) is 57.5 cm³/mol. The van der Waals surface area contributed by atoms with Gasteiger partial charge >= 0.3 is 6.18 Å². The number of halogens is 3. The van der Waals surface area contributed by atoms with Gasteiger partial charge in [0.1, 0.15) is 11.6 Å². The summed E-state index contributed by atoms with van der Waals surface area (Å²) in [7, 11) is 0. The molecule has 1 fully saturated rings. The van der Waals surface area contributed by atoms with Gasteiger partial charge in [-0.15, -0.1) is 0 Å². The van der Waals surface area contributed by atoms with Gasteiger partial charge in [-0.3, -0.25) is 0 Å². The third-order valence-corrected chi connectivity index (χ3v) is 2.96. The van der Waals surface area contributed by atoms with Crippen molar-refractivity contribution in [2.75, 3.05) is 5.32 Å². The molecule has 2 rings (SSSR count). The maximum absolute atomic E-state index is 12.8. The first kappa shape index (κ1) is 11.8. The van der Waals surface area contributed by atoms with Crippen molar-refractivity contribution in [3.63, 3.8) is 0 Å². The Balaban J connectivity index is 2.29. The number of nitriles is 1. The molecule has 1 aromatic rings. The second-order valence-corrected chi connectivity index (χ2v) is 4.37. The van der Waals surface area contributed by atoms with Gasteiger partial charge in [-0.25, -0.2) is 0 Å². The van der Waals surface area contributed by atoms with E-state index in [0.29, 0.717) is 0 Å². The molecule has 1 N–H and O–H groups in total. The fraction of sp³-hybridized carbons (Fsp3) is 0.417. The monoisotopic (exact) mass is 240 g/mol. The van der Waals surface area contributed by atoms with Crippen molar-refractivity contribution in [2.24, 2.45) is 0 Å². The zero-order chi connectivity index (χ0) is 12.7. The van der Waals surface area contributed by atoms with E-state index in [9.17, 15) is 13.2 Å². The molecule has 0 heterocycles. The lowest BCUT2D eigenvalue weighted by Gasteiger charge is -2.22. The molecule has 17 heavy (non-hydrogen) atoms. The van der Waals surface area contributed by atoms with Crippen molar-refractivity contribution in [3.8, 4) is 6.07 Å². The molecule has 1 aliphatic carbocycles. The van der Waals surface area contributed by atoms with Crippen LogP contribution in [0.3, 0.4) is 0 Å². The van der Waals surface area contributed by atoms with Crippen LogP contribution >= 0.6 is 0 Å². The van der Waals surface area contributed by atoms with Crippen molar-refractivity contribution in [1.82, 2.24) is 0 Å². The molecule has 0 radical (unpaired) electrons. The smallest absolute Gasteiger partial charge is 0.370 e. The maximum atomic E-state index is 12.8. The van der Waals surface area contributed by atoms with E-state index < -0.39 is 11.7 Å². The minimum absolute atomic E-state index is 0.0647. The minimum Gasteiger partial charge on any atom is -0.370 e. The average Bonchev–Trinajstić information content (AvgIpc) is 3.01. The van der Waals surface area contributed by atoms with Crippen LogP contribution in [0.5, 0.6) is 0 Å². The zero-order valence-electron chi connectivity index (χ0n) is 9.23. The molecular weight excluding hydrogens is 229 g/mol. The van der Waals surface area contributed by atoms with Gasteiger partial charge in [0, 0.05) is 0 Å². The largest absolute Gasteiger partial charge is 0.411 e. The Bertz CT molecular complexity index is 482. The van der Waals surface area contributed by atoms with Crippen LogP contribution < -0.4 is 5.32 Å². The van der Waals surface area contributed by atoms with Crippen molar-refractivity contribution in [2.45, 2.75) is 31.5 Å². The number of hydrogen-bond donors (Lipinski definition) is 1. The second-order valence-electron chi connectivity index (χ2n) is 4.37. The molecule has 1 aromatic carbocycles. The molecule has 90 valence electrons. The second kappa shape index (κ2) is 3.66. The lowest BCUT2D eigenvalue weighted by molar-refractivity contribution is -0.151. The van der Waals surface area contributed by atoms with Crippen LogP contribution in [-0.2, 0) is 0 Å². The Hall–Kier alpha value is -1.70. The molecule has 0 aromatic heterocycles. The SMILES string of the molecule is Cc1ccc(NC2(C(F)(F)F)CC2)c(C#N)c1. The summed E-state index contributed by atoms with van der Waals surface area (Å²) >= 11 is 0. The quantitative estimate of drug-likeness (QED) is 0.860. The Labute approximate surface area is 97.1 Å². The van der Waals surface area contributed by atoms with Gasteiger partial charge in [-0.1, -0.05) is 6.07 Å². The highest BCUT2D eigenvalue weighted by Crippen LogP contribution is 2.51. The lowest BCUT2D eigenvalue weighted by atomic mass is 10.1. The number of nitrogens with zero attached hydrogens (tertiary/aromatic N) is 1. The fourth-order valence-corrected chi connectivity index (χ4v) is 1.72. The molecule has 5 heteroatoms. The number of aryl methyl sites for hydroxylation is 1. The van der Waals surface area contributed by atoms with E-state index >= 15 is 0 Å². The van der Waals surface area contributed by atoms with Crippen molar-refractivity contribution >= 4 is 5.69 Å². The molecule has 0 aliphatic heterocycles. The third kappa shape index (κ3) is 2.07. The molecule has 1 aliphatic rings. The van der Waals surface area contributed by atoms with Crippen molar-refractivity contribution in [3.05, 3.63) is 29.3 Å². The topological polar surface area (TPSA) is 35.8 Å². The molecule has 0 amide bonds. The van der Waals surface area contributed by atoms with Gasteiger partial charge < -0.3 is 5.32 Å². The summed E-state index contributed by atoms with van der Waals surface area (Å²) in [6.07, 6.45) is -4.14. The van der Waals surface area contributed by atoms with Gasteiger partial charge in [0.05, 0.1) is 11.3 Å². The molecular formula is C12H11F3N2. The highest BCUT2D eigenvalue weighted by atomic mass is 19.4. The minimum atomic E-state index is -4.27. The Kier molecular flexibility index (Phi) is 2.53. The zero-order valence-corrected chi connectivity index (χ0v) is 9.23. The first-order valence-corrected chi connectivity index (χ1v) is 5.24. The highest BCUT2D eigenvalue weighted by Gasteiger charge is 2.63. The summed E-state index contributed by atoms with van der Waals surface area (Å²) in [5.74, 6) is 0. The van der Waals surface area contributed by atoms with Gasteiger partial charge in [0.25, 0.3) is 0 Å². The summed E-state index contributed by atoms with van der Waals surface area (Å²) in [5.41, 5.74) is -0.467. The van der Waals surface area contributed by atoms with Gasteiger partial charge in [-0.05, 0) is 37.5 Å². The molecule has 0 atom stereocenters. The normalized spacial score (nSPS) is 17.4. The average molecular weight is 240 g/mol. The van der Waals surface area contributed by atoms with E-state index in [1.54, 1.807) is 19.1 Å². The van der Waals surface area contributed by atoms with Crippen LogP contribution in [0.15, 0.2) is 18.2 Å². The first-order chi connectivity index (χ1) is 7.88. The van der Waals surface area contributed by atoms with Crippen LogP contribution in [-0.4, -0.2) is 11.7 Å². The fourth-order valence-electron chi connectivity index (χ4n) is 1.72. The van der Waals surface area contributed by atoms with Crippen LogP contribution in [0.25, 0.3) is 0 Å². The molecule has 0 bridgehead atoms. The van der Waals surface area contributed by atoms with Crippen LogP contribution in [0.4, 0.5) is 18.9 Å². The number of nitrogens with one attached hydrogen (secondary N) is 1. The van der Waals surface area contributed by atoms with Crippen LogP contribution in [0.1, 0.15) is 24.0 Å². The predicted octanol–water partition coefficient (Wildman–Crippen LogP) is 3.37. The van der Waals surface area contributed by atoms with Crippen molar-refractivity contribution < 1.29 is 13.2 Å². The molecule has 0 unspecified atom stereocenters. The summed E-state index contributed by atoms with van der Waals surface area (Å²) in [5, 5.41) is 11.4. The van der Waals surface area contributed by atoms with E-state index in [-0.39, 0.29) is 24.1 Å². The summed E-state index contributed by atoms with van der Waals surface area (Å²) < 4.78 is 38.3. The molecule has 0 spiro atoms. The lowest BCUT2D eigenvalue weighted by Crippen LogP contribution is -2.38. The third-order valence-electron chi connectivity index (χ3n) is 2.96. The Morgan fingerprint density at radius 3 is 2.47 bits per heavy atom. The van der Waals surface area contributed by atoms with Gasteiger partial charge in [-0.2, -0.15) is 18.4 Å². The Morgan fingerprint density at radius 1 is 1.35 bits per heavy atom. The van der Waals surface area contributed by atoms with Crippen molar-refractivity contribution in [1.29, 1.82) is 5.26 Å². The maximum Gasteiger partial charge on any atom is 0.411 e. The van der Waals surface area contributed by atoms with E-state index in [4.69, 9.17) is 5.26 Å². The van der Waals surface area contributed by atoms with E-state index in [2.05, 4.69) is 5.32 Å². The number of rotatable bonds is 2. The van der Waals surface area contributed by atoms with Crippen LogP contribution in [0.2, 0.25) is 0 Å². The number of anilines is 1. The molecule has 2 nitrogen and oxygen atoms in total. The summed E-state index contributed by atoms with van der Waals surface area (Å²) in [6.45, 7) is 1.79. The molecule has 1 saturated carbocycles. The summed E-state index contributed by atoms with van der Waals surface area (Å²) in [6, 6.07) is 6.70. The first-order valence-electron chi connectivity index (χ1n) is 5.24. The number of benzene rings is 1. The number of alkyl halides is 3. The standard InChI is InChI=1S/C12H11F3N2/c1-8-2-3-10(9(6-8)7-16)17-11(4-5-11)12(13,14)15/h2-3,6,17H,4-5H2,1H3. The van der Waals surface area contributed by atoms with E-state index in [0.717, 1.165) is 5.56 Å². The summed E-state index contributed by atoms with van der Waals surface area (Å²) in [4.78, 5) is 0. The molecule has 0 saturated heterocycles. The van der Waals surface area contributed by atoms with Crippen LogP contribution in [0, 0.1) is 18.3 Å². The highest BCUT2D eigenvalue weighted by molar-refractivity contribution is 5.61. The number of hydrogen-bond acceptors (Lipinski definition) is 2.